The first-order valence-electron chi connectivity index (χ1n) is 5.80. The number of aromatic nitrogens is 2. The third kappa shape index (κ3) is 2.76. The third-order valence-corrected chi connectivity index (χ3v) is 3.39. The van der Waals surface area contributed by atoms with Crippen LogP contribution in [0.5, 0.6) is 0 Å². The molecule has 0 aliphatic heterocycles. The minimum Gasteiger partial charge on any atom is -0.464 e. The van der Waals surface area contributed by atoms with E-state index in [1.807, 2.05) is 12.3 Å². The quantitative estimate of drug-likeness (QED) is 0.611. The lowest BCUT2D eigenvalue weighted by atomic mass is 10.4. The van der Waals surface area contributed by atoms with E-state index in [9.17, 15) is 9.59 Å². The van der Waals surface area contributed by atoms with Crippen molar-refractivity contribution in [3.8, 4) is 0 Å². The normalized spacial score (nSPS) is 10.7. The molecule has 0 saturated heterocycles. The number of nitrogens with zero attached hydrogens (tertiary/aromatic N) is 2. The van der Waals surface area contributed by atoms with Crippen molar-refractivity contribution >= 4 is 27.5 Å². The van der Waals surface area contributed by atoms with Crippen molar-refractivity contribution in [2.24, 2.45) is 0 Å². The summed E-state index contributed by atoms with van der Waals surface area (Å²) in [7, 11) is 0. The summed E-state index contributed by atoms with van der Waals surface area (Å²) < 4.78 is 6.87. The average Bonchev–Trinajstić information content (AvgIpc) is 2.82. The molecule has 0 radical (unpaired) electrons. The van der Waals surface area contributed by atoms with Crippen molar-refractivity contribution in [2.75, 3.05) is 6.61 Å². The number of unbranched alkanes of at least 4 members (excludes halogenated alkanes) is 1. The first-order valence-corrected chi connectivity index (χ1v) is 6.68. The maximum Gasteiger partial charge on any atom is 0.326 e. The molecule has 2 rings (SSSR count). The maximum absolute atomic E-state index is 12.0. The molecular formula is C12H14N2O3S. The smallest absolute Gasteiger partial charge is 0.326 e. The monoisotopic (exact) mass is 266 g/mol. The number of ether oxygens (including phenoxy) is 1. The molecule has 0 unspecified atom stereocenters. The third-order valence-electron chi connectivity index (χ3n) is 2.50. The average molecular weight is 266 g/mol. The molecule has 0 aliphatic carbocycles. The summed E-state index contributed by atoms with van der Waals surface area (Å²) in [5.41, 5.74) is 0.475. The fourth-order valence-corrected chi connectivity index (χ4v) is 2.30. The van der Waals surface area contributed by atoms with Gasteiger partial charge in [-0.2, -0.15) is 0 Å². The van der Waals surface area contributed by atoms with E-state index in [1.54, 1.807) is 6.07 Å². The molecule has 0 aliphatic rings. The van der Waals surface area contributed by atoms with Gasteiger partial charge in [0.25, 0.3) is 5.56 Å². The summed E-state index contributed by atoms with van der Waals surface area (Å²) in [4.78, 5) is 27.6. The SMILES string of the molecule is CCCCOC(=O)Cn1cnc2ccsc2c1=O. The lowest BCUT2D eigenvalue weighted by molar-refractivity contribution is -0.144. The van der Waals surface area contributed by atoms with Gasteiger partial charge in [-0.15, -0.1) is 11.3 Å². The van der Waals surface area contributed by atoms with E-state index >= 15 is 0 Å². The van der Waals surface area contributed by atoms with Gasteiger partial charge in [-0.1, -0.05) is 13.3 Å². The Labute approximate surface area is 108 Å². The lowest BCUT2D eigenvalue weighted by Gasteiger charge is -2.05. The van der Waals surface area contributed by atoms with Gasteiger partial charge in [-0.05, 0) is 17.9 Å². The van der Waals surface area contributed by atoms with Crippen LogP contribution in [0.3, 0.4) is 0 Å². The van der Waals surface area contributed by atoms with Gasteiger partial charge in [0.1, 0.15) is 11.2 Å². The number of esters is 1. The van der Waals surface area contributed by atoms with Crippen LogP contribution < -0.4 is 5.56 Å². The van der Waals surface area contributed by atoms with Gasteiger partial charge in [0.15, 0.2) is 0 Å². The molecule has 2 aromatic rings. The van der Waals surface area contributed by atoms with Crippen LogP contribution in [-0.4, -0.2) is 22.1 Å². The van der Waals surface area contributed by atoms with Gasteiger partial charge in [-0.3, -0.25) is 14.2 Å². The highest BCUT2D eigenvalue weighted by molar-refractivity contribution is 7.17. The van der Waals surface area contributed by atoms with Crippen LogP contribution in [0.2, 0.25) is 0 Å². The summed E-state index contributed by atoms with van der Waals surface area (Å²) in [5.74, 6) is -0.400. The largest absolute Gasteiger partial charge is 0.464 e. The Bertz CT molecular complexity index is 603. The fraction of sp³-hybridized carbons (Fsp3) is 0.417. The van der Waals surface area contributed by atoms with Gasteiger partial charge in [0.2, 0.25) is 0 Å². The minimum atomic E-state index is -0.400. The van der Waals surface area contributed by atoms with E-state index in [-0.39, 0.29) is 12.1 Å². The Morgan fingerprint density at radius 1 is 1.56 bits per heavy atom. The fourth-order valence-electron chi connectivity index (χ4n) is 1.51. The van der Waals surface area contributed by atoms with Crippen molar-refractivity contribution in [3.63, 3.8) is 0 Å². The number of hydrogen-bond donors (Lipinski definition) is 0. The molecule has 2 aromatic heterocycles. The summed E-state index contributed by atoms with van der Waals surface area (Å²) in [5, 5.41) is 1.81. The van der Waals surface area contributed by atoms with Crippen molar-refractivity contribution in [3.05, 3.63) is 28.1 Å². The molecule has 0 N–H and O–H groups in total. The molecule has 2 heterocycles. The molecule has 0 amide bonds. The summed E-state index contributed by atoms with van der Waals surface area (Å²) in [6, 6.07) is 1.78. The predicted octanol–water partition coefficient (Wildman–Crippen LogP) is 1.80. The van der Waals surface area contributed by atoms with E-state index in [0.29, 0.717) is 16.8 Å². The molecular weight excluding hydrogens is 252 g/mol. The van der Waals surface area contributed by atoms with Crippen LogP contribution in [0, 0.1) is 0 Å². The topological polar surface area (TPSA) is 61.2 Å². The van der Waals surface area contributed by atoms with E-state index in [0.717, 1.165) is 12.8 Å². The second-order valence-corrected chi connectivity index (χ2v) is 4.80. The zero-order valence-corrected chi connectivity index (χ0v) is 10.9. The molecule has 5 nitrogen and oxygen atoms in total. The van der Waals surface area contributed by atoms with Crippen molar-refractivity contribution in [1.29, 1.82) is 0 Å². The number of rotatable bonds is 5. The summed E-state index contributed by atoms with van der Waals surface area (Å²) in [6.45, 7) is 2.34. The molecule has 0 saturated carbocycles. The van der Waals surface area contributed by atoms with Gasteiger partial charge in [-0.25, -0.2) is 4.98 Å². The Morgan fingerprint density at radius 2 is 2.39 bits per heavy atom. The van der Waals surface area contributed by atoms with Gasteiger partial charge >= 0.3 is 5.97 Å². The zero-order valence-electron chi connectivity index (χ0n) is 10.1. The van der Waals surface area contributed by atoms with Gasteiger partial charge in [0, 0.05) is 0 Å². The Hall–Kier alpha value is -1.69. The standard InChI is InChI=1S/C12H14N2O3S/c1-2-3-5-17-10(15)7-14-8-13-9-4-6-18-11(9)12(14)16/h4,6,8H,2-3,5,7H2,1H3. The molecule has 0 spiro atoms. The number of carbonyl (C=O) groups is 1. The van der Waals surface area contributed by atoms with E-state index < -0.39 is 5.97 Å². The van der Waals surface area contributed by atoms with Crippen LogP contribution in [0.25, 0.3) is 10.2 Å². The Kier molecular flexibility index (Phi) is 4.09. The first kappa shape index (κ1) is 12.8. The second-order valence-electron chi connectivity index (χ2n) is 3.89. The highest BCUT2D eigenvalue weighted by Gasteiger charge is 2.09. The molecule has 0 atom stereocenters. The molecule has 0 bridgehead atoms. The molecule has 6 heteroatoms. The Balaban J connectivity index is 2.09. The number of carbonyl (C=O) groups excluding carboxylic acids is 1. The van der Waals surface area contributed by atoms with E-state index in [1.165, 1.54) is 22.2 Å². The minimum absolute atomic E-state index is 0.0800. The number of fused-ring (bicyclic) bond motifs is 1. The van der Waals surface area contributed by atoms with Crippen LogP contribution in [0.1, 0.15) is 19.8 Å². The molecule has 0 fully saturated rings. The van der Waals surface area contributed by atoms with Crippen molar-refractivity contribution in [1.82, 2.24) is 9.55 Å². The molecule has 0 aromatic carbocycles. The zero-order chi connectivity index (χ0) is 13.0. The van der Waals surface area contributed by atoms with Crippen LogP contribution in [0.15, 0.2) is 22.6 Å². The summed E-state index contributed by atoms with van der Waals surface area (Å²) in [6.07, 6.45) is 3.19. The Morgan fingerprint density at radius 3 is 3.17 bits per heavy atom. The summed E-state index contributed by atoms with van der Waals surface area (Å²) >= 11 is 1.33. The predicted molar refractivity (Wildman–Crippen MR) is 69.7 cm³/mol. The number of thiophene rings is 1. The molecule has 96 valence electrons. The van der Waals surface area contributed by atoms with E-state index in [4.69, 9.17) is 4.74 Å². The van der Waals surface area contributed by atoms with E-state index in [2.05, 4.69) is 4.98 Å². The first-order chi connectivity index (χ1) is 8.72. The lowest BCUT2D eigenvalue weighted by Crippen LogP contribution is -2.25. The highest BCUT2D eigenvalue weighted by Crippen LogP contribution is 2.12. The van der Waals surface area contributed by atoms with Crippen LogP contribution in [-0.2, 0) is 16.1 Å². The van der Waals surface area contributed by atoms with Crippen LogP contribution >= 0.6 is 11.3 Å². The highest BCUT2D eigenvalue weighted by atomic mass is 32.1. The van der Waals surface area contributed by atoms with Crippen molar-refractivity contribution in [2.45, 2.75) is 26.3 Å². The maximum atomic E-state index is 12.0. The second kappa shape index (κ2) is 5.77. The van der Waals surface area contributed by atoms with Gasteiger partial charge in [0.05, 0.1) is 18.5 Å². The van der Waals surface area contributed by atoms with Crippen molar-refractivity contribution < 1.29 is 9.53 Å². The molecule has 18 heavy (non-hydrogen) atoms. The van der Waals surface area contributed by atoms with Crippen LogP contribution in [0.4, 0.5) is 0 Å². The number of hydrogen-bond acceptors (Lipinski definition) is 5. The van der Waals surface area contributed by atoms with Gasteiger partial charge < -0.3 is 4.74 Å².